The first kappa shape index (κ1) is 21.1. The number of sulfone groups is 1. The number of rotatable bonds is 5. The van der Waals surface area contributed by atoms with Crippen molar-refractivity contribution in [1.29, 1.82) is 0 Å². The third-order valence-corrected chi connectivity index (χ3v) is 8.18. The molecule has 3 heterocycles. The number of hydrogen-bond acceptors (Lipinski definition) is 5. The van der Waals surface area contributed by atoms with Crippen molar-refractivity contribution in [2.24, 2.45) is 0 Å². The summed E-state index contributed by atoms with van der Waals surface area (Å²) in [5, 5.41) is 10.4. The van der Waals surface area contributed by atoms with Crippen molar-refractivity contribution >= 4 is 21.3 Å². The first-order valence-corrected chi connectivity index (χ1v) is 12.9. The fourth-order valence-electron chi connectivity index (χ4n) is 4.89. The third kappa shape index (κ3) is 4.03. The molecule has 32 heavy (non-hydrogen) atoms. The van der Waals surface area contributed by atoms with Crippen LogP contribution in [0.4, 0.5) is 15.9 Å². The molecule has 8 heteroatoms. The van der Waals surface area contributed by atoms with Crippen molar-refractivity contribution in [3.05, 3.63) is 70.4 Å². The Morgan fingerprint density at radius 3 is 2.75 bits per heavy atom. The smallest absolute Gasteiger partial charge is 0.158 e. The number of H-pyrrole nitrogens is 1. The molecule has 0 radical (unpaired) electrons. The van der Waals surface area contributed by atoms with Gasteiger partial charge in [-0.15, -0.1) is 0 Å². The van der Waals surface area contributed by atoms with E-state index in [0.29, 0.717) is 29.1 Å². The predicted octanol–water partition coefficient (Wildman–Crippen LogP) is 5.29. The lowest BCUT2D eigenvalue weighted by Gasteiger charge is -2.12. The summed E-state index contributed by atoms with van der Waals surface area (Å²) in [6.07, 6.45) is 5.04. The zero-order chi connectivity index (χ0) is 22.5. The second kappa shape index (κ2) is 7.99. The molecule has 2 N–H and O–H groups in total. The van der Waals surface area contributed by atoms with Crippen LogP contribution < -0.4 is 5.32 Å². The molecule has 168 valence electrons. The molecule has 1 aliphatic heterocycles. The highest BCUT2D eigenvalue weighted by Gasteiger charge is 2.30. The van der Waals surface area contributed by atoms with Crippen LogP contribution in [-0.2, 0) is 21.3 Å². The highest BCUT2D eigenvalue weighted by atomic mass is 32.2. The Kier molecular flexibility index (Phi) is 5.28. The minimum absolute atomic E-state index is 0.0934. The molecule has 2 aliphatic rings. The molecule has 5 rings (SSSR count). The number of hydrogen-bond donors (Lipinski definition) is 2. The standard InChI is InChI=1S/C24H27FN4O2S/c1-14(2)15-7-8-26-21(10-15)16-3-4-17(9-16)22-11-23(29-28-22)27-20-6-5-18-12-32(30,31)13-19(18)24(20)25/h5-8,10-11,14,16-17H,3-4,9,12-13H2,1-2H3,(H2,27,28,29). The van der Waals surface area contributed by atoms with E-state index in [-0.39, 0.29) is 22.8 Å². The van der Waals surface area contributed by atoms with Crippen LogP contribution in [0.1, 0.15) is 78.9 Å². The fourth-order valence-corrected chi connectivity index (χ4v) is 6.48. The van der Waals surface area contributed by atoms with E-state index in [1.165, 1.54) is 5.56 Å². The molecule has 0 amide bonds. The van der Waals surface area contributed by atoms with Crippen molar-refractivity contribution in [3.8, 4) is 0 Å². The molecule has 6 nitrogen and oxygen atoms in total. The highest BCUT2D eigenvalue weighted by molar-refractivity contribution is 7.90. The number of benzene rings is 1. The van der Waals surface area contributed by atoms with Gasteiger partial charge in [0.05, 0.1) is 17.2 Å². The quantitative estimate of drug-likeness (QED) is 0.547. The van der Waals surface area contributed by atoms with Gasteiger partial charge in [-0.25, -0.2) is 12.8 Å². The summed E-state index contributed by atoms with van der Waals surface area (Å²) in [5.41, 5.74) is 4.56. The summed E-state index contributed by atoms with van der Waals surface area (Å²) in [6.45, 7) is 4.39. The minimum Gasteiger partial charge on any atom is -0.336 e. The minimum atomic E-state index is -3.26. The summed E-state index contributed by atoms with van der Waals surface area (Å²) in [7, 11) is -3.26. The van der Waals surface area contributed by atoms with E-state index in [0.717, 1.165) is 30.7 Å². The van der Waals surface area contributed by atoms with Crippen LogP contribution in [-0.4, -0.2) is 23.6 Å². The highest BCUT2D eigenvalue weighted by Crippen LogP contribution is 2.43. The molecule has 3 aromatic rings. The molecule has 1 aromatic carbocycles. The van der Waals surface area contributed by atoms with Crippen LogP contribution in [0.5, 0.6) is 0 Å². The first-order chi connectivity index (χ1) is 15.3. The maximum Gasteiger partial charge on any atom is 0.158 e. The van der Waals surface area contributed by atoms with Crippen LogP contribution in [0.25, 0.3) is 0 Å². The summed E-state index contributed by atoms with van der Waals surface area (Å²) in [4.78, 5) is 4.62. The van der Waals surface area contributed by atoms with Crippen LogP contribution in [0.15, 0.2) is 36.5 Å². The molecule has 2 atom stereocenters. The Balaban J connectivity index is 1.29. The van der Waals surface area contributed by atoms with Gasteiger partial charge in [0.25, 0.3) is 0 Å². The normalized spacial score (nSPS) is 21.8. The number of nitrogens with one attached hydrogen (secondary N) is 2. The predicted molar refractivity (Wildman–Crippen MR) is 122 cm³/mol. The van der Waals surface area contributed by atoms with Crippen LogP contribution in [0.2, 0.25) is 0 Å². The molecule has 0 saturated heterocycles. The molecular weight excluding hydrogens is 427 g/mol. The van der Waals surface area contributed by atoms with Gasteiger partial charge in [0.1, 0.15) is 0 Å². The maximum atomic E-state index is 14.9. The molecule has 0 spiro atoms. The Bertz CT molecular complexity index is 1270. The van der Waals surface area contributed by atoms with Crippen molar-refractivity contribution in [3.63, 3.8) is 0 Å². The molecule has 1 saturated carbocycles. The van der Waals surface area contributed by atoms with Crippen LogP contribution in [0, 0.1) is 5.82 Å². The molecule has 1 fully saturated rings. The van der Waals surface area contributed by atoms with Crippen LogP contribution in [0.3, 0.4) is 0 Å². The molecule has 0 bridgehead atoms. The maximum absolute atomic E-state index is 14.9. The van der Waals surface area contributed by atoms with Crippen molar-refractivity contribution in [2.75, 3.05) is 5.32 Å². The Labute approximate surface area is 187 Å². The number of anilines is 2. The summed E-state index contributed by atoms with van der Waals surface area (Å²) >= 11 is 0. The van der Waals surface area contributed by atoms with Crippen molar-refractivity contribution in [2.45, 2.75) is 62.4 Å². The summed E-state index contributed by atoms with van der Waals surface area (Å²) in [5.74, 6) is 0.940. The Morgan fingerprint density at radius 1 is 1.12 bits per heavy atom. The topological polar surface area (TPSA) is 87.7 Å². The molecule has 2 aromatic heterocycles. The van der Waals surface area contributed by atoms with Gasteiger partial charge in [0.2, 0.25) is 0 Å². The second-order valence-corrected chi connectivity index (χ2v) is 11.4. The number of aromatic amines is 1. The van der Waals surface area contributed by atoms with E-state index < -0.39 is 15.7 Å². The zero-order valence-corrected chi connectivity index (χ0v) is 19.0. The van der Waals surface area contributed by atoms with E-state index in [1.807, 2.05) is 12.3 Å². The number of aromatic nitrogens is 3. The molecular formula is C24H27FN4O2S. The van der Waals surface area contributed by atoms with E-state index in [4.69, 9.17) is 0 Å². The fraction of sp³-hybridized carbons (Fsp3) is 0.417. The first-order valence-electron chi connectivity index (χ1n) is 11.1. The van der Waals surface area contributed by atoms with Gasteiger partial charge >= 0.3 is 0 Å². The Morgan fingerprint density at radius 2 is 1.94 bits per heavy atom. The van der Waals surface area contributed by atoms with Gasteiger partial charge < -0.3 is 5.32 Å². The summed E-state index contributed by atoms with van der Waals surface area (Å²) in [6, 6.07) is 9.50. The average Bonchev–Trinajstić information content (AvgIpc) is 3.48. The van der Waals surface area contributed by atoms with E-state index in [2.05, 4.69) is 46.5 Å². The third-order valence-electron chi connectivity index (χ3n) is 6.70. The lowest BCUT2D eigenvalue weighted by molar-refractivity contribution is 0.594. The van der Waals surface area contributed by atoms with Crippen LogP contribution >= 0.6 is 0 Å². The monoisotopic (exact) mass is 454 g/mol. The lowest BCUT2D eigenvalue weighted by atomic mass is 9.96. The second-order valence-electron chi connectivity index (χ2n) is 9.31. The number of halogens is 1. The number of pyridine rings is 1. The number of fused-ring (bicyclic) bond motifs is 1. The largest absolute Gasteiger partial charge is 0.336 e. The van der Waals surface area contributed by atoms with E-state index in [9.17, 15) is 12.8 Å². The zero-order valence-electron chi connectivity index (χ0n) is 18.2. The van der Waals surface area contributed by atoms with Gasteiger partial charge in [-0.3, -0.25) is 10.1 Å². The SMILES string of the molecule is CC(C)c1ccnc(C2CCC(c3cc(Nc4ccc5c(c4F)CS(=O)(=O)C5)n[nH]3)C2)c1. The van der Waals surface area contributed by atoms with Gasteiger partial charge in [-0.1, -0.05) is 19.9 Å². The molecule has 2 unspecified atom stereocenters. The number of nitrogens with zero attached hydrogens (tertiary/aromatic N) is 2. The van der Waals surface area contributed by atoms with Gasteiger partial charge in [-0.05, 0) is 54.5 Å². The average molecular weight is 455 g/mol. The van der Waals surface area contributed by atoms with Crippen molar-refractivity contribution in [1.82, 2.24) is 15.2 Å². The van der Waals surface area contributed by atoms with Gasteiger partial charge in [0.15, 0.2) is 21.5 Å². The Hall–Kier alpha value is -2.74. The summed E-state index contributed by atoms with van der Waals surface area (Å²) < 4.78 is 38.5. The van der Waals surface area contributed by atoms with E-state index >= 15 is 0 Å². The van der Waals surface area contributed by atoms with Gasteiger partial charge in [0, 0.05) is 41.1 Å². The van der Waals surface area contributed by atoms with E-state index in [1.54, 1.807) is 12.1 Å². The van der Waals surface area contributed by atoms with Crippen molar-refractivity contribution < 1.29 is 12.8 Å². The molecule has 1 aliphatic carbocycles. The van der Waals surface area contributed by atoms with Gasteiger partial charge in [-0.2, -0.15) is 5.10 Å². The lowest BCUT2D eigenvalue weighted by Crippen LogP contribution is -2.00.